The van der Waals surface area contributed by atoms with Gasteiger partial charge in [0.1, 0.15) is 11.5 Å². The van der Waals surface area contributed by atoms with Gasteiger partial charge >= 0.3 is 0 Å². The summed E-state index contributed by atoms with van der Waals surface area (Å²) in [6.07, 6.45) is 1.59. The van der Waals surface area contributed by atoms with Crippen molar-refractivity contribution in [1.29, 1.82) is 0 Å². The van der Waals surface area contributed by atoms with Gasteiger partial charge in [-0.15, -0.1) is 0 Å². The molecule has 0 saturated carbocycles. The molecule has 20 heavy (non-hydrogen) atoms. The molecule has 2 N–H and O–H groups in total. The Morgan fingerprint density at radius 3 is 2.60 bits per heavy atom. The average molecular weight is 267 g/mol. The number of nitrogen functional groups attached to an aromatic ring is 1. The third kappa shape index (κ3) is 2.33. The fourth-order valence-corrected chi connectivity index (χ4v) is 1.89. The van der Waals surface area contributed by atoms with Crippen LogP contribution in [0.15, 0.2) is 48.7 Å². The van der Waals surface area contributed by atoms with Crippen molar-refractivity contribution in [2.75, 3.05) is 12.8 Å². The highest BCUT2D eigenvalue weighted by molar-refractivity contribution is 5.74. The number of aromatic nitrogens is 2. The maximum Gasteiger partial charge on any atom is 0.238 e. The zero-order valence-electron chi connectivity index (χ0n) is 10.9. The van der Waals surface area contributed by atoms with E-state index in [0.29, 0.717) is 23.1 Å². The Kier molecular flexibility index (Phi) is 3.09. The fraction of sp³-hybridized carbons (Fsp3) is 0.0667. The van der Waals surface area contributed by atoms with Crippen LogP contribution in [0.1, 0.15) is 0 Å². The largest absolute Gasteiger partial charge is 0.495 e. The Morgan fingerprint density at radius 2 is 1.85 bits per heavy atom. The SMILES string of the molecule is COc1ccc(Oc2cnc3ccccc3n2)cc1N. The van der Waals surface area contributed by atoms with Crippen molar-refractivity contribution in [2.24, 2.45) is 0 Å². The highest BCUT2D eigenvalue weighted by Crippen LogP contribution is 2.28. The quantitative estimate of drug-likeness (QED) is 0.739. The van der Waals surface area contributed by atoms with Gasteiger partial charge in [-0.3, -0.25) is 0 Å². The molecule has 1 aromatic heterocycles. The number of hydrogen-bond acceptors (Lipinski definition) is 5. The minimum atomic E-state index is 0.424. The van der Waals surface area contributed by atoms with Crippen molar-refractivity contribution in [2.45, 2.75) is 0 Å². The van der Waals surface area contributed by atoms with E-state index in [1.54, 1.807) is 31.5 Å². The number of anilines is 1. The summed E-state index contributed by atoms with van der Waals surface area (Å²) in [6.45, 7) is 0. The lowest BCUT2D eigenvalue weighted by Gasteiger charge is -2.08. The second kappa shape index (κ2) is 5.05. The number of nitrogens with two attached hydrogens (primary N) is 1. The van der Waals surface area contributed by atoms with Crippen molar-refractivity contribution in [3.63, 3.8) is 0 Å². The molecule has 3 aromatic rings. The third-order valence-corrected chi connectivity index (χ3v) is 2.85. The molecular weight excluding hydrogens is 254 g/mol. The molecule has 0 aliphatic rings. The molecular formula is C15H13N3O2. The molecule has 0 unspecified atom stereocenters. The van der Waals surface area contributed by atoms with Crippen LogP contribution < -0.4 is 15.2 Å². The van der Waals surface area contributed by atoms with Gasteiger partial charge in [0.15, 0.2) is 0 Å². The van der Waals surface area contributed by atoms with Crippen LogP contribution >= 0.6 is 0 Å². The summed E-state index contributed by atoms with van der Waals surface area (Å²) in [6, 6.07) is 12.8. The van der Waals surface area contributed by atoms with Gasteiger partial charge in [0, 0.05) is 6.07 Å². The lowest BCUT2D eigenvalue weighted by Crippen LogP contribution is -1.94. The van der Waals surface area contributed by atoms with Crippen molar-refractivity contribution in [3.8, 4) is 17.4 Å². The average Bonchev–Trinajstić information content (AvgIpc) is 2.47. The second-order valence-electron chi connectivity index (χ2n) is 4.20. The van der Waals surface area contributed by atoms with Crippen molar-refractivity contribution in [3.05, 3.63) is 48.7 Å². The standard InChI is InChI=1S/C15H13N3O2/c1-19-14-7-6-10(8-11(14)16)20-15-9-17-12-4-2-3-5-13(12)18-15/h2-9H,16H2,1H3. The molecule has 0 aliphatic carbocycles. The zero-order chi connectivity index (χ0) is 13.9. The first kappa shape index (κ1) is 12.2. The maximum absolute atomic E-state index is 5.84. The van der Waals surface area contributed by atoms with Crippen LogP contribution in [-0.4, -0.2) is 17.1 Å². The molecule has 3 rings (SSSR count). The Labute approximate surface area is 116 Å². The van der Waals surface area contributed by atoms with E-state index in [4.69, 9.17) is 15.2 Å². The lowest BCUT2D eigenvalue weighted by atomic mass is 10.3. The number of benzene rings is 2. The van der Waals surface area contributed by atoms with Gasteiger partial charge in [-0.05, 0) is 24.3 Å². The highest BCUT2D eigenvalue weighted by atomic mass is 16.5. The summed E-state index contributed by atoms with van der Waals surface area (Å²) in [7, 11) is 1.57. The number of rotatable bonds is 3. The first-order valence-corrected chi connectivity index (χ1v) is 6.09. The fourth-order valence-electron chi connectivity index (χ4n) is 1.89. The van der Waals surface area contributed by atoms with Gasteiger partial charge in [-0.2, -0.15) is 0 Å². The summed E-state index contributed by atoms with van der Waals surface area (Å²) in [5.41, 5.74) is 7.96. The van der Waals surface area contributed by atoms with Crippen molar-refractivity contribution < 1.29 is 9.47 Å². The van der Waals surface area contributed by atoms with E-state index in [-0.39, 0.29) is 0 Å². The molecule has 0 amide bonds. The van der Waals surface area contributed by atoms with Gasteiger partial charge in [0.25, 0.3) is 0 Å². The van der Waals surface area contributed by atoms with Gasteiger partial charge in [-0.1, -0.05) is 12.1 Å². The van der Waals surface area contributed by atoms with Gasteiger partial charge in [0.2, 0.25) is 5.88 Å². The molecule has 0 bridgehead atoms. The molecule has 2 aromatic carbocycles. The highest BCUT2D eigenvalue weighted by Gasteiger charge is 2.05. The first-order chi connectivity index (χ1) is 9.76. The predicted octanol–water partition coefficient (Wildman–Crippen LogP) is 3.01. The Hall–Kier alpha value is -2.82. The normalized spacial score (nSPS) is 10.4. The summed E-state index contributed by atoms with van der Waals surface area (Å²) in [5.74, 6) is 1.63. The maximum atomic E-state index is 5.84. The van der Waals surface area contributed by atoms with Gasteiger partial charge in [0.05, 0.1) is 30.0 Å². The minimum Gasteiger partial charge on any atom is -0.495 e. The number of hydrogen-bond donors (Lipinski definition) is 1. The number of nitrogens with zero attached hydrogens (tertiary/aromatic N) is 2. The van der Waals surface area contributed by atoms with Crippen LogP contribution in [-0.2, 0) is 0 Å². The minimum absolute atomic E-state index is 0.424. The van der Waals surface area contributed by atoms with Crippen molar-refractivity contribution in [1.82, 2.24) is 9.97 Å². The number of fused-ring (bicyclic) bond motifs is 1. The molecule has 0 spiro atoms. The summed E-state index contributed by atoms with van der Waals surface area (Å²) in [4.78, 5) is 8.68. The van der Waals surface area contributed by atoms with E-state index in [2.05, 4.69) is 9.97 Å². The van der Waals surface area contributed by atoms with Crippen LogP contribution in [0, 0.1) is 0 Å². The van der Waals surface area contributed by atoms with Crippen LogP contribution in [0.2, 0.25) is 0 Å². The van der Waals surface area contributed by atoms with Gasteiger partial charge in [-0.25, -0.2) is 9.97 Å². The molecule has 100 valence electrons. The van der Waals surface area contributed by atoms with Crippen LogP contribution in [0.25, 0.3) is 11.0 Å². The second-order valence-corrected chi connectivity index (χ2v) is 4.20. The topological polar surface area (TPSA) is 70.3 Å². The van der Waals surface area contributed by atoms with Crippen LogP contribution in [0.4, 0.5) is 5.69 Å². The molecule has 1 heterocycles. The summed E-state index contributed by atoms with van der Waals surface area (Å²) in [5, 5.41) is 0. The van der Waals surface area contributed by atoms with E-state index in [1.807, 2.05) is 24.3 Å². The molecule has 0 aliphatic heterocycles. The van der Waals surface area contributed by atoms with E-state index in [1.165, 1.54) is 0 Å². The molecule has 0 saturated heterocycles. The first-order valence-electron chi connectivity index (χ1n) is 6.09. The van der Waals surface area contributed by atoms with E-state index < -0.39 is 0 Å². The zero-order valence-corrected chi connectivity index (χ0v) is 10.9. The van der Waals surface area contributed by atoms with Crippen LogP contribution in [0.3, 0.4) is 0 Å². The Bertz CT molecular complexity index is 759. The smallest absolute Gasteiger partial charge is 0.238 e. The predicted molar refractivity (Wildman–Crippen MR) is 77.0 cm³/mol. The van der Waals surface area contributed by atoms with E-state index in [9.17, 15) is 0 Å². The Balaban J connectivity index is 1.90. The monoisotopic (exact) mass is 267 g/mol. The Morgan fingerprint density at radius 1 is 1.05 bits per heavy atom. The van der Waals surface area contributed by atoms with Crippen molar-refractivity contribution >= 4 is 16.7 Å². The van der Waals surface area contributed by atoms with E-state index >= 15 is 0 Å². The number of methoxy groups -OCH3 is 1. The molecule has 0 fully saturated rings. The van der Waals surface area contributed by atoms with E-state index in [0.717, 1.165) is 11.0 Å². The molecule has 5 nitrogen and oxygen atoms in total. The van der Waals surface area contributed by atoms with Crippen LogP contribution in [0.5, 0.6) is 17.4 Å². The summed E-state index contributed by atoms with van der Waals surface area (Å²) < 4.78 is 10.8. The lowest BCUT2D eigenvalue weighted by molar-refractivity contribution is 0.414. The third-order valence-electron chi connectivity index (χ3n) is 2.85. The van der Waals surface area contributed by atoms with Gasteiger partial charge < -0.3 is 15.2 Å². The number of ether oxygens (including phenoxy) is 2. The molecule has 0 atom stereocenters. The molecule has 0 radical (unpaired) electrons. The summed E-state index contributed by atoms with van der Waals surface area (Å²) >= 11 is 0. The molecule has 5 heteroatoms. The number of para-hydroxylation sites is 2.